The molecule has 0 unspecified atom stereocenters. The van der Waals surface area contributed by atoms with Gasteiger partial charge in [-0.3, -0.25) is 0 Å². The third-order valence-electron chi connectivity index (χ3n) is 3.77. The number of thioether (sulfide) groups is 1. The van der Waals surface area contributed by atoms with Gasteiger partial charge in [0.15, 0.2) is 0 Å². The van der Waals surface area contributed by atoms with E-state index in [0.29, 0.717) is 27.5 Å². The number of hydrogen-bond donors (Lipinski definition) is 1. The topological polar surface area (TPSA) is 68.4 Å². The Balaban J connectivity index is 1.46. The smallest absolute Gasteiger partial charge is 0.276 e. The number of aliphatic hydroxyl groups excluding tert-OH is 1. The summed E-state index contributed by atoms with van der Waals surface area (Å²) in [6.07, 6.45) is -0.846. The lowest BCUT2D eigenvalue weighted by Gasteiger charge is -2.16. The van der Waals surface area contributed by atoms with Crippen LogP contribution in [0.5, 0.6) is 0 Å². The summed E-state index contributed by atoms with van der Waals surface area (Å²) in [7, 11) is 0. The Labute approximate surface area is 165 Å². The Morgan fingerprint density at radius 3 is 2.56 bits per heavy atom. The minimum atomic E-state index is -0.689. The maximum atomic E-state index is 13.0. The van der Waals surface area contributed by atoms with Gasteiger partial charge in [-0.1, -0.05) is 35.5 Å². The molecule has 0 bridgehead atoms. The molecule has 3 rings (SSSR count). The molecule has 0 fully saturated rings. The Kier molecular flexibility index (Phi) is 6.84. The van der Waals surface area contributed by atoms with E-state index in [1.54, 1.807) is 24.3 Å². The number of halogens is 2. The van der Waals surface area contributed by atoms with Crippen LogP contribution in [0.2, 0.25) is 5.02 Å². The fourth-order valence-electron chi connectivity index (χ4n) is 2.28. The SMILES string of the molecule is C[C@@H](OC[C@@H](O)CSc1nnc(-c2ccc(F)cc2)o1)c1ccc(Cl)cc1. The Morgan fingerprint density at radius 2 is 1.85 bits per heavy atom. The van der Waals surface area contributed by atoms with Crippen LogP contribution >= 0.6 is 23.4 Å². The molecular formula is C19H18ClFN2O3S. The first-order valence-electron chi connectivity index (χ1n) is 8.28. The average molecular weight is 409 g/mol. The van der Waals surface area contributed by atoms with E-state index in [-0.39, 0.29) is 18.5 Å². The molecule has 0 saturated carbocycles. The van der Waals surface area contributed by atoms with Gasteiger partial charge in [0, 0.05) is 16.3 Å². The number of aliphatic hydroxyl groups is 1. The van der Waals surface area contributed by atoms with Crippen LogP contribution in [0.1, 0.15) is 18.6 Å². The number of hydrogen-bond acceptors (Lipinski definition) is 6. The van der Waals surface area contributed by atoms with Crippen molar-refractivity contribution in [3.63, 3.8) is 0 Å². The van der Waals surface area contributed by atoms with Crippen molar-refractivity contribution in [1.82, 2.24) is 10.2 Å². The molecule has 2 atom stereocenters. The van der Waals surface area contributed by atoms with E-state index in [1.165, 1.54) is 23.9 Å². The third kappa shape index (κ3) is 5.77. The molecule has 1 N–H and O–H groups in total. The quantitative estimate of drug-likeness (QED) is 0.542. The lowest BCUT2D eigenvalue weighted by molar-refractivity contribution is 0.00618. The molecule has 0 aliphatic rings. The molecule has 5 nitrogen and oxygen atoms in total. The molecule has 8 heteroatoms. The van der Waals surface area contributed by atoms with Crippen LogP contribution in [0.25, 0.3) is 11.5 Å². The van der Waals surface area contributed by atoms with E-state index >= 15 is 0 Å². The lowest BCUT2D eigenvalue weighted by atomic mass is 10.1. The van der Waals surface area contributed by atoms with Crippen LogP contribution in [-0.4, -0.2) is 33.8 Å². The van der Waals surface area contributed by atoms with Crippen molar-refractivity contribution in [3.8, 4) is 11.5 Å². The second-order valence-corrected chi connectivity index (χ2v) is 7.28. The number of nitrogens with zero attached hydrogens (tertiary/aromatic N) is 2. The summed E-state index contributed by atoms with van der Waals surface area (Å²) >= 11 is 7.11. The summed E-state index contributed by atoms with van der Waals surface area (Å²) in [6.45, 7) is 2.09. The zero-order valence-corrected chi connectivity index (χ0v) is 16.1. The molecule has 0 radical (unpaired) electrons. The van der Waals surface area contributed by atoms with Crippen molar-refractivity contribution in [3.05, 3.63) is 64.9 Å². The van der Waals surface area contributed by atoms with Crippen molar-refractivity contribution in [2.75, 3.05) is 12.4 Å². The van der Waals surface area contributed by atoms with Gasteiger partial charge in [0.25, 0.3) is 5.22 Å². The molecule has 0 amide bonds. The van der Waals surface area contributed by atoms with Crippen molar-refractivity contribution >= 4 is 23.4 Å². The molecule has 1 aromatic heterocycles. The van der Waals surface area contributed by atoms with Crippen molar-refractivity contribution in [2.45, 2.75) is 24.4 Å². The van der Waals surface area contributed by atoms with Crippen LogP contribution in [0.3, 0.4) is 0 Å². The molecular weight excluding hydrogens is 391 g/mol. The van der Waals surface area contributed by atoms with E-state index in [0.717, 1.165) is 5.56 Å². The van der Waals surface area contributed by atoms with Gasteiger partial charge in [-0.2, -0.15) is 0 Å². The maximum absolute atomic E-state index is 13.0. The highest BCUT2D eigenvalue weighted by Crippen LogP contribution is 2.24. The van der Waals surface area contributed by atoms with Crippen molar-refractivity contribution in [2.24, 2.45) is 0 Å². The first-order chi connectivity index (χ1) is 13.0. The lowest BCUT2D eigenvalue weighted by Crippen LogP contribution is -2.19. The van der Waals surface area contributed by atoms with Crippen LogP contribution in [0, 0.1) is 5.82 Å². The first-order valence-corrected chi connectivity index (χ1v) is 9.65. The monoisotopic (exact) mass is 408 g/mol. The van der Waals surface area contributed by atoms with Crippen molar-refractivity contribution in [1.29, 1.82) is 0 Å². The minimum absolute atomic E-state index is 0.157. The highest BCUT2D eigenvalue weighted by atomic mass is 35.5. The largest absolute Gasteiger partial charge is 0.411 e. The zero-order chi connectivity index (χ0) is 19.2. The summed E-state index contributed by atoms with van der Waals surface area (Å²) in [4.78, 5) is 0. The molecule has 142 valence electrons. The highest BCUT2D eigenvalue weighted by Gasteiger charge is 2.14. The number of aromatic nitrogens is 2. The molecule has 0 saturated heterocycles. The van der Waals surface area contributed by atoms with Crippen LogP contribution < -0.4 is 0 Å². The van der Waals surface area contributed by atoms with Crippen molar-refractivity contribution < 1.29 is 18.7 Å². The summed E-state index contributed by atoms with van der Waals surface area (Å²) in [5, 5.41) is 19.0. The van der Waals surface area contributed by atoms with Gasteiger partial charge in [-0.25, -0.2) is 4.39 Å². The van der Waals surface area contributed by atoms with Crippen LogP contribution in [0.15, 0.2) is 58.2 Å². The fraction of sp³-hybridized carbons (Fsp3) is 0.263. The number of rotatable bonds is 8. The first kappa shape index (κ1) is 19.8. The van der Waals surface area contributed by atoms with Gasteiger partial charge in [0.1, 0.15) is 5.82 Å². The Bertz CT molecular complexity index is 858. The maximum Gasteiger partial charge on any atom is 0.276 e. The number of benzene rings is 2. The van der Waals surface area contributed by atoms with Crippen LogP contribution in [0.4, 0.5) is 4.39 Å². The third-order valence-corrected chi connectivity index (χ3v) is 4.99. The van der Waals surface area contributed by atoms with Gasteiger partial charge in [-0.05, 0) is 48.9 Å². The molecule has 3 aromatic rings. The Morgan fingerprint density at radius 1 is 1.15 bits per heavy atom. The molecule has 0 aliphatic heterocycles. The van der Waals surface area contributed by atoms with Gasteiger partial charge in [-0.15, -0.1) is 10.2 Å². The summed E-state index contributed by atoms with van der Waals surface area (Å²) in [6, 6.07) is 13.2. The van der Waals surface area contributed by atoms with Gasteiger partial charge in [0.05, 0.1) is 18.8 Å². The number of ether oxygens (including phenoxy) is 1. The average Bonchev–Trinajstić information content (AvgIpc) is 3.14. The Hall–Kier alpha value is -1.93. The standard InChI is InChI=1S/C19H18ClFN2O3S/c1-12(13-2-6-15(20)7-3-13)25-10-17(24)11-27-19-23-22-18(26-19)14-4-8-16(21)9-5-14/h2-9,12,17,24H,10-11H2,1H3/t12-,17-/m1/s1. The van der Waals surface area contributed by atoms with E-state index < -0.39 is 6.10 Å². The molecule has 2 aromatic carbocycles. The predicted molar refractivity (Wildman–Crippen MR) is 102 cm³/mol. The molecule has 0 aliphatic carbocycles. The second kappa shape index (κ2) is 9.32. The van der Waals surface area contributed by atoms with Gasteiger partial charge >= 0.3 is 0 Å². The van der Waals surface area contributed by atoms with E-state index in [1.807, 2.05) is 19.1 Å². The summed E-state index contributed by atoms with van der Waals surface area (Å²) in [5.74, 6) is 0.321. The highest BCUT2D eigenvalue weighted by molar-refractivity contribution is 7.99. The van der Waals surface area contributed by atoms with E-state index in [2.05, 4.69) is 10.2 Å². The minimum Gasteiger partial charge on any atom is -0.411 e. The molecule has 0 spiro atoms. The summed E-state index contributed by atoms with van der Waals surface area (Å²) in [5.41, 5.74) is 1.62. The second-order valence-electron chi connectivity index (χ2n) is 5.87. The molecule has 27 heavy (non-hydrogen) atoms. The summed E-state index contributed by atoms with van der Waals surface area (Å²) < 4.78 is 24.2. The van der Waals surface area contributed by atoms with E-state index in [9.17, 15) is 9.50 Å². The normalized spacial score (nSPS) is 13.5. The fourth-order valence-corrected chi connectivity index (χ4v) is 3.07. The van der Waals surface area contributed by atoms with Gasteiger partial charge in [0.2, 0.25) is 5.89 Å². The molecule has 1 heterocycles. The van der Waals surface area contributed by atoms with Crippen LogP contribution in [-0.2, 0) is 4.74 Å². The zero-order valence-electron chi connectivity index (χ0n) is 14.5. The van der Waals surface area contributed by atoms with E-state index in [4.69, 9.17) is 20.8 Å². The van der Waals surface area contributed by atoms with Gasteiger partial charge < -0.3 is 14.3 Å². The predicted octanol–water partition coefficient (Wildman–Crippen LogP) is 4.76.